The van der Waals surface area contributed by atoms with E-state index in [1.54, 1.807) is 0 Å². The van der Waals surface area contributed by atoms with Crippen LogP contribution in [0.15, 0.2) is 0 Å². The first kappa shape index (κ1) is 12.5. The molecule has 0 spiro atoms. The van der Waals surface area contributed by atoms with Gasteiger partial charge in [-0.05, 0) is 19.3 Å². The predicted molar refractivity (Wildman–Crippen MR) is 58.9 cm³/mol. The summed E-state index contributed by atoms with van der Waals surface area (Å²) in [5.74, 6) is -0.674. The Morgan fingerprint density at radius 2 is 1.80 bits per heavy atom. The summed E-state index contributed by atoms with van der Waals surface area (Å²) in [5.41, 5.74) is 0. The van der Waals surface area contributed by atoms with Crippen LogP contribution in [0.1, 0.15) is 58.3 Å². The molecule has 1 heterocycles. The second-order valence-corrected chi connectivity index (χ2v) is 4.32. The fourth-order valence-corrected chi connectivity index (χ4v) is 1.94. The number of carboxylic acids is 1. The molecule has 0 radical (unpaired) electrons. The van der Waals surface area contributed by atoms with Gasteiger partial charge >= 0.3 is 5.97 Å². The fraction of sp³-hybridized carbons (Fsp3) is 0.917. The van der Waals surface area contributed by atoms with Gasteiger partial charge in [0.05, 0.1) is 12.2 Å². The number of unbranched alkanes of at least 4 members (excludes halogenated alkanes) is 4. The molecule has 1 aliphatic rings. The number of carboxylic acid groups (broad SMARTS) is 1. The lowest BCUT2D eigenvalue weighted by molar-refractivity contribution is -0.137. The third kappa shape index (κ3) is 5.78. The number of rotatable bonds is 9. The second-order valence-electron chi connectivity index (χ2n) is 4.32. The zero-order valence-corrected chi connectivity index (χ0v) is 9.58. The maximum Gasteiger partial charge on any atom is 0.303 e. The van der Waals surface area contributed by atoms with Gasteiger partial charge < -0.3 is 9.84 Å². The number of hydrogen-bond donors (Lipinski definition) is 1. The van der Waals surface area contributed by atoms with Crippen LogP contribution in [0.5, 0.6) is 0 Å². The minimum atomic E-state index is -0.674. The summed E-state index contributed by atoms with van der Waals surface area (Å²) in [5, 5.41) is 8.44. The van der Waals surface area contributed by atoms with E-state index in [0.29, 0.717) is 18.6 Å². The Kier molecular flexibility index (Phi) is 5.69. The van der Waals surface area contributed by atoms with E-state index in [2.05, 4.69) is 6.92 Å². The molecule has 0 aromatic heterocycles. The first-order valence-electron chi connectivity index (χ1n) is 6.11. The molecule has 3 nitrogen and oxygen atoms in total. The van der Waals surface area contributed by atoms with Gasteiger partial charge in [0.1, 0.15) is 0 Å². The van der Waals surface area contributed by atoms with E-state index in [4.69, 9.17) is 9.84 Å². The van der Waals surface area contributed by atoms with Crippen molar-refractivity contribution in [2.24, 2.45) is 0 Å². The van der Waals surface area contributed by atoms with Gasteiger partial charge in [0, 0.05) is 6.42 Å². The van der Waals surface area contributed by atoms with Gasteiger partial charge in [-0.15, -0.1) is 0 Å². The summed E-state index contributed by atoms with van der Waals surface area (Å²) in [4.78, 5) is 10.2. The maximum absolute atomic E-state index is 10.2. The Balaban J connectivity index is 1.76. The lowest BCUT2D eigenvalue weighted by atomic mass is 10.1. The zero-order valence-electron chi connectivity index (χ0n) is 9.58. The van der Waals surface area contributed by atoms with Crippen LogP contribution in [-0.2, 0) is 9.53 Å². The summed E-state index contributed by atoms with van der Waals surface area (Å²) in [6, 6.07) is 0. The second kappa shape index (κ2) is 6.83. The molecule has 3 heteroatoms. The van der Waals surface area contributed by atoms with E-state index >= 15 is 0 Å². The third-order valence-corrected chi connectivity index (χ3v) is 2.97. The van der Waals surface area contributed by atoms with Crippen molar-refractivity contribution in [2.75, 3.05) is 0 Å². The molecule has 0 unspecified atom stereocenters. The van der Waals surface area contributed by atoms with Crippen molar-refractivity contribution in [3.63, 3.8) is 0 Å². The van der Waals surface area contributed by atoms with E-state index in [-0.39, 0.29) is 0 Å². The van der Waals surface area contributed by atoms with Crippen molar-refractivity contribution in [3.05, 3.63) is 0 Å². The summed E-state index contributed by atoms with van der Waals surface area (Å²) < 4.78 is 5.45. The highest BCUT2D eigenvalue weighted by Crippen LogP contribution is 2.29. The number of hydrogen-bond acceptors (Lipinski definition) is 2. The van der Waals surface area contributed by atoms with Gasteiger partial charge in [0.25, 0.3) is 0 Å². The van der Waals surface area contributed by atoms with Crippen LogP contribution < -0.4 is 0 Å². The molecule has 1 rings (SSSR count). The molecule has 0 aromatic rings. The van der Waals surface area contributed by atoms with E-state index in [0.717, 1.165) is 25.7 Å². The topological polar surface area (TPSA) is 49.8 Å². The first-order chi connectivity index (χ1) is 7.24. The molecule has 0 saturated carbocycles. The fourth-order valence-electron chi connectivity index (χ4n) is 1.94. The van der Waals surface area contributed by atoms with Crippen molar-refractivity contribution in [2.45, 2.75) is 70.5 Å². The highest BCUT2D eigenvalue weighted by Gasteiger charge is 2.35. The SMILES string of the molecule is CC[C@@H]1O[C@@H]1CCCCCCCC(=O)O. The summed E-state index contributed by atoms with van der Waals surface area (Å²) in [7, 11) is 0. The van der Waals surface area contributed by atoms with Gasteiger partial charge in [-0.2, -0.15) is 0 Å². The van der Waals surface area contributed by atoms with E-state index < -0.39 is 5.97 Å². The summed E-state index contributed by atoms with van der Waals surface area (Å²) in [6.45, 7) is 2.16. The van der Waals surface area contributed by atoms with Gasteiger partial charge in [0.15, 0.2) is 0 Å². The number of carbonyl (C=O) groups is 1. The van der Waals surface area contributed by atoms with Crippen LogP contribution in [0.2, 0.25) is 0 Å². The summed E-state index contributed by atoms with van der Waals surface area (Å²) >= 11 is 0. The minimum Gasteiger partial charge on any atom is -0.481 e. The first-order valence-corrected chi connectivity index (χ1v) is 6.11. The Morgan fingerprint density at radius 3 is 2.40 bits per heavy atom. The van der Waals surface area contributed by atoms with Crippen molar-refractivity contribution in [1.82, 2.24) is 0 Å². The number of epoxide rings is 1. The molecule has 1 saturated heterocycles. The quantitative estimate of drug-likeness (QED) is 0.474. The normalized spacial score (nSPS) is 24.1. The highest BCUT2D eigenvalue weighted by atomic mass is 16.6. The molecule has 1 aliphatic heterocycles. The van der Waals surface area contributed by atoms with Crippen LogP contribution in [0.3, 0.4) is 0 Å². The molecular formula is C12H22O3. The Labute approximate surface area is 91.8 Å². The lowest BCUT2D eigenvalue weighted by Gasteiger charge is -1.98. The third-order valence-electron chi connectivity index (χ3n) is 2.97. The van der Waals surface area contributed by atoms with Crippen LogP contribution >= 0.6 is 0 Å². The molecule has 88 valence electrons. The molecule has 0 amide bonds. The minimum absolute atomic E-state index is 0.323. The molecule has 0 bridgehead atoms. The Morgan fingerprint density at radius 1 is 1.13 bits per heavy atom. The van der Waals surface area contributed by atoms with Gasteiger partial charge in [0.2, 0.25) is 0 Å². The monoisotopic (exact) mass is 214 g/mol. The van der Waals surface area contributed by atoms with Crippen molar-refractivity contribution < 1.29 is 14.6 Å². The van der Waals surface area contributed by atoms with E-state index in [1.807, 2.05) is 0 Å². The predicted octanol–water partition coefficient (Wildman–Crippen LogP) is 2.98. The molecule has 0 aromatic carbocycles. The number of aliphatic carboxylic acids is 1. The van der Waals surface area contributed by atoms with Crippen molar-refractivity contribution in [1.29, 1.82) is 0 Å². The Bertz CT molecular complexity index is 191. The van der Waals surface area contributed by atoms with Crippen molar-refractivity contribution in [3.8, 4) is 0 Å². The molecule has 1 N–H and O–H groups in total. The maximum atomic E-state index is 10.2. The van der Waals surface area contributed by atoms with Gasteiger partial charge in [-0.3, -0.25) is 4.79 Å². The van der Waals surface area contributed by atoms with E-state index in [1.165, 1.54) is 19.3 Å². The molecule has 2 atom stereocenters. The van der Waals surface area contributed by atoms with Crippen LogP contribution in [-0.4, -0.2) is 23.3 Å². The van der Waals surface area contributed by atoms with Gasteiger partial charge in [-0.1, -0.05) is 32.6 Å². The van der Waals surface area contributed by atoms with Crippen LogP contribution in [0.4, 0.5) is 0 Å². The Hall–Kier alpha value is -0.570. The van der Waals surface area contributed by atoms with Crippen LogP contribution in [0, 0.1) is 0 Å². The van der Waals surface area contributed by atoms with Crippen molar-refractivity contribution >= 4 is 5.97 Å². The highest BCUT2D eigenvalue weighted by molar-refractivity contribution is 5.66. The lowest BCUT2D eigenvalue weighted by Crippen LogP contribution is -1.94. The number of ether oxygens (including phenoxy) is 1. The molecule has 0 aliphatic carbocycles. The standard InChI is InChI=1S/C12H22O3/c1-2-10-11(15-10)8-6-4-3-5-7-9-12(13)14/h10-11H,2-9H2,1H3,(H,13,14)/t10-,11+/m0/s1. The largest absolute Gasteiger partial charge is 0.481 e. The molecule has 15 heavy (non-hydrogen) atoms. The van der Waals surface area contributed by atoms with E-state index in [9.17, 15) is 4.79 Å². The molecular weight excluding hydrogens is 192 g/mol. The van der Waals surface area contributed by atoms with Crippen LogP contribution in [0.25, 0.3) is 0 Å². The summed E-state index contributed by atoms with van der Waals surface area (Å²) in [6.07, 6.45) is 9.22. The molecule has 1 fully saturated rings. The average molecular weight is 214 g/mol. The zero-order chi connectivity index (χ0) is 11.1. The average Bonchev–Trinajstić information content (AvgIpc) is 2.94. The van der Waals surface area contributed by atoms with Gasteiger partial charge in [-0.25, -0.2) is 0 Å². The smallest absolute Gasteiger partial charge is 0.303 e.